The third-order valence-corrected chi connectivity index (χ3v) is 5.65. The largest absolute Gasteiger partial charge is 0.246 e. The van der Waals surface area contributed by atoms with Crippen LogP contribution in [-0.4, -0.2) is 35.4 Å². The fourth-order valence-corrected chi connectivity index (χ4v) is 3.95. The molecule has 0 atom stereocenters. The monoisotopic (exact) mass is 447 g/mol. The summed E-state index contributed by atoms with van der Waals surface area (Å²) in [4.78, 5) is 4.87. The van der Waals surface area contributed by atoms with E-state index in [1.54, 1.807) is 0 Å². The number of hydrogen-bond acceptors (Lipinski definition) is 5. The lowest BCUT2D eigenvalue weighted by Gasteiger charge is -2.08. The quantitative estimate of drug-likeness (QED) is 0.343. The molecule has 0 radical (unpaired) electrons. The van der Waals surface area contributed by atoms with Crippen molar-refractivity contribution >= 4 is 0 Å². The molecule has 7 heteroatoms. The highest BCUT2D eigenvalue weighted by Crippen LogP contribution is 2.30. The summed E-state index contributed by atoms with van der Waals surface area (Å²) in [6, 6.07) is 27.0. The molecular formula is C27H25N7. The second kappa shape index (κ2) is 10.0. The van der Waals surface area contributed by atoms with Crippen LogP contribution >= 0.6 is 0 Å². The van der Waals surface area contributed by atoms with Crippen LogP contribution in [0.25, 0.3) is 22.5 Å². The SMILES string of the molecule is C/C=C/Cn1nc(Cc2ccccc2)nc1Cc1ccc(-c2ccccc2-c2nn[nH]n2)cc1. The molecule has 0 saturated heterocycles. The van der Waals surface area contributed by atoms with Gasteiger partial charge in [-0.3, -0.25) is 0 Å². The maximum Gasteiger partial charge on any atom is 0.205 e. The van der Waals surface area contributed by atoms with E-state index < -0.39 is 0 Å². The third-order valence-electron chi connectivity index (χ3n) is 5.65. The zero-order valence-corrected chi connectivity index (χ0v) is 19.0. The van der Waals surface area contributed by atoms with Crippen LogP contribution < -0.4 is 0 Å². The number of nitrogens with zero attached hydrogens (tertiary/aromatic N) is 6. The Kier molecular flexibility index (Phi) is 6.34. The average molecular weight is 448 g/mol. The van der Waals surface area contributed by atoms with Gasteiger partial charge in [0.2, 0.25) is 5.82 Å². The van der Waals surface area contributed by atoms with Crippen molar-refractivity contribution in [2.75, 3.05) is 0 Å². The Bertz CT molecular complexity index is 1370. The molecule has 0 aliphatic carbocycles. The van der Waals surface area contributed by atoms with Gasteiger partial charge >= 0.3 is 0 Å². The van der Waals surface area contributed by atoms with Crippen LogP contribution in [0.5, 0.6) is 0 Å². The van der Waals surface area contributed by atoms with Crippen LogP contribution in [0.15, 0.2) is 91.0 Å². The van der Waals surface area contributed by atoms with Crippen molar-refractivity contribution in [2.45, 2.75) is 26.3 Å². The number of aromatic amines is 1. The lowest BCUT2D eigenvalue weighted by atomic mass is 9.98. The first-order chi connectivity index (χ1) is 16.8. The maximum absolute atomic E-state index is 4.87. The molecule has 0 fully saturated rings. The Morgan fingerprint density at radius 2 is 1.56 bits per heavy atom. The van der Waals surface area contributed by atoms with E-state index in [1.165, 1.54) is 11.1 Å². The third kappa shape index (κ3) is 4.83. The van der Waals surface area contributed by atoms with Crippen LogP contribution in [0.3, 0.4) is 0 Å². The van der Waals surface area contributed by atoms with Gasteiger partial charge in [0.1, 0.15) is 5.82 Å². The first kappa shape index (κ1) is 21.5. The van der Waals surface area contributed by atoms with Gasteiger partial charge in [0, 0.05) is 18.4 Å². The summed E-state index contributed by atoms with van der Waals surface area (Å²) >= 11 is 0. The normalized spacial score (nSPS) is 11.3. The smallest absolute Gasteiger partial charge is 0.205 e. The van der Waals surface area contributed by atoms with Crippen molar-refractivity contribution < 1.29 is 0 Å². The van der Waals surface area contributed by atoms with Crippen LogP contribution in [0, 0.1) is 0 Å². The van der Waals surface area contributed by atoms with Crippen molar-refractivity contribution in [1.82, 2.24) is 35.4 Å². The lowest BCUT2D eigenvalue weighted by Crippen LogP contribution is -2.05. The molecule has 34 heavy (non-hydrogen) atoms. The Morgan fingerprint density at radius 3 is 2.29 bits per heavy atom. The number of aromatic nitrogens is 7. The number of tetrazole rings is 1. The highest BCUT2D eigenvalue weighted by atomic mass is 15.5. The molecule has 0 saturated carbocycles. The summed E-state index contributed by atoms with van der Waals surface area (Å²) in [6.07, 6.45) is 5.58. The van der Waals surface area contributed by atoms with Crippen molar-refractivity contribution in [3.8, 4) is 22.5 Å². The minimum absolute atomic E-state index is 0.586. The first-order valence-corrected chi connectivity index (χ1v) is 11.3. The van der Waals surface area contributed by atoms with E-state index in [1.807, 2.05) is 54.1 Å². The van der Waals surface area contributed by atoms with Gasteiger partial charge in [-0.25, -0.2) is 9.67 Å². The molecule has 0 aliphatic heterocycles. The first-order valence-electron chi connectivity index (χ1n) is 11.3. The van der Waals surface area contributed by atoms with Crippen molar-refractivity contribution in [3.05, 3.63) is 114 Å². The van der Waals surface area contributed by atoms with Gasteiger partial charge in [-0.2, -0.15) is 10.3 Å². The Hall–Kier alpha value is -4.39. The molecule has 0 bridgehead atoms. The molecule has 0 unspecified atom stereocenters. The predicted octanol–water partition coefficient (Wildman–Crippen LogP) is 4.88. The maximum atomic E-state index is 4.87. The van der Waals surface area contributed by atoms with E-state index in [2.05, 4.69) is 69.2 Å². The van der Waals surface area contributed by atoms with Gasteiger partial charge in [-0.1, -0.05) is 91.0 Å². The topological polar surface area (TPSA) is 85.2 Å². The summed E-state index contributed by atoms with van der Waals surface area (Å²) in [5.41, 5.74) is 5.50. The van der Waals surface area contributed by atoms with Crippen LogP contribution in [-0.2, 0) is 19.4 Å². The van der Waals surface area contributed by atoms with Crippen molar-refractivity contribution in [3.63, 3.8) is 0 Å². The minimum atomic E-state index is 0.586. The summed E-state index contributed by atoms with van der Waals surface area (Å²) in [5.74, 6) is 2.39. The summed E-state index contributed by atoms with van der Waals surface area (Å²) in [5, 5.41) is 19.3. The Morgan fingerprint density at radius 1 is 0.824 bits per heavy atom. The van der Waals surface area contributed by atoms with E-state index in [4.69, 9.17) is 10.1 Å². The number of allylic oxidation sites excluding steroid dienone is 2. The van der Waals surface area contributed by atoms with E-state index in [0.29, 0.717) is 18.8 Å². The molecule has 2 aromatic heterocycles. The molecule has 3 aromatic carbocycles. The van der Waals surface area contributed by atoms with Crippen LogP contribution in [0.2, 0.25) is 0 Å². The van der Waals surface area contributed by atoms with Crippen LogP contribution in [0.4, 0.5) is 0 Å². The Labute approximate surface area is 198 Å². The van der Waals surface area contributed by atoms with E-state index in [-0.39, 0.29) is 0 Å². The molecule has 1 N–H and O–H groups in total. The van der Waals surface area contributed by atoms with Gasteiger partial charge in [0.25, 0.3) is 0 Å². The van der Waals surface area contributed by atoms with E-state index in [0.717, 1.165) is 34.8 Å². The lowest BCUT2D eigenvalue weighted by molar-refractivity contribution is 0.654. The van der Waals surface area contributed by atoms with Gasteiger partial charge in [0.15, 0.2) is 5.82 Å². The Balaban J connectivity index is 1.39. The van der Waals surface area contributed by atoms with E-state index >= 15 is 0 Å². The van der Waals surface area contributed by atoms with Crippen molar-refractivity contribution in [2.24, 2.45) is 0 Å². The molecular weight excluding hydrogens is 422 g/mol. The fourth-order valence-electron chi connectivity index (χ4n) is 3.95. The van der Waals surface area contributed by atoms with Crippen molar-refractivity contribution in [1.29, 1.82) is 0 Å². The second-order valence-corrected chi connectivity index (χ2v) is 8.01. The molecule has 0 spiro atoms. The van der Waals surface area contributed by atoms with Gasteiger partial charge in [-0.15, -0.1) is 10.2 Å². The number of rotatable bonds is 8. The summed E-state index contributed by atoms with van der Waals surface area (Å²) in [7, 11) is 0. The zero-order valence-electron chi connectivity index (χ0n) is 19.0. The molecule has 7 nitrogen and oxygen atoms in total. The molecule has 168 valence electrons. The zero-order chi connectivity index (χ0) is 23.2. The van der Waals surface area contributed by atoms with E-state index in [9.17, 15) is 0 Å². The molecule has 5 rings (SSSR count). The minimum Gasteiger partial charge on any atom is -0.246 e. The van der Waals surface area contributed by atoms with Crippen LogP contribution in [0.1, 0.15) is 29.7 Å². The number of benzene rings is 3. The second-order valence-electron chi connectivity index (χ2n) is 8.01. The highest BCUT2D eigenvalue weighted by molar-refractivity contribution is 5.80. The average Bonchev–Trinajstić information content (AvgIpc) is 3.54. The fraction of sp³-hybridized carbons (Fsp3) is 0.148. The van der Waals surface area contributed by atoms with Gasteiger partial charge in [0.05, 0.1) is 6.54 Å². The molecule has 5 aromatic rings. The number of nitrogens with one attached hydrogen (secondary N) is 1. The number of H-pyrrole nitrogens is 1. The van der Waals surface area contributed by atoms with Gasteiger partial charge < -0.3 is 0 Å². The molecule has 0 aliphatic rings. The number of hydrogen-bond donors (Lipinski definition) is 1. The molecule has 0 amide bonds. The predicted molar refractivity (Wildman–Crippen MR) is 132 cm³/mol. The highest BCUT2D eigenvalue weighted by Gasteiger charge is 2.13. The van der Waals surface area contributed by atoms with Gasteiger partial charge in [-0.05, 0) is 34.4 Å². The standard InChI is InChI=1S/C27H25N7/c1-2-3-17-34-26(28-25(31-34)18-20-9-5-4-6-10-20)19-21-13-15-22(16-14-21)23-11-7-8-12-24(23)27-29-32-33-30-27/h2-16H,17-19H2,1H3,(H,29,30,32,33)/b3-2+. The summed E-state index contributed by atoms with van der Waals surface area (Å²) < 4.78 is 2.00. The molecule has 2 heterocycles. The summed E-state index contributed by atoms with van der Waals surface area (Å²) in [6.45, 7) is 2.73.